The third-order valence-electron chi connectivity index (χ3n) is 1.72. The van der Waals surface area contributed by atoms with E-state index < -0.39 is 11.2 Å². The Morgan fingerprint density at radius 1 is 1.75 bits per heavy atom. The molecule has 1 unspecified atom stereocenters. The van der Waals surface area contributed by atoms with Gasteiger partial charge in [0.15, 0.2) is 0 Å². The van der Waals surface area contributed by atoms with Gasteiger partial charge in [0.25, 0.3) is 0 Å². The van der Waals surface area contributed by atoms with Gasteiger partial charge in [-0.1, -0.05) is 0 Å². The molecule has 5 heteroatoms. The fraction of sp³-hybridized carbons (Fsp3) is 0.286. The van der Waals surface area contributed by atoms with E-state index >= 15 is 0 Å². The standard InChI is InChI=1S/C7H6N2O2S/c10-7(11)6-4-1-8-3-9-5(4)2-12-6/h1,3,6H,2H2,(H,10,11). The Hall–Kier alpha value is -1.10. The van der Waals surface area contributed by atoms with Gasteiger partial charge in [0, 0.05) is 17.5 Å². The molecule has 0 amide bonds. The summed E-state index contributed by atoms with van der Waals surface area (Å²) in [4.78, 5) is 18.5. The monoisotopic (exact) mass is 182 g/mol. The highest BCUT2D eigenvalue weighted by atomic mass is 32.2. The van der Waals surface area contributed by atoms with Crippen molar-refractivity contribution < 1.29 is 9.90 Å². The Morgan fingerprint density at radius 3 is 3.33 bits per heavy atom. The number of thioether (sulfide) groups is 1. The summed E-state index contributed by atoms with van der Waals surface area (Å²) >= 11 is 1.38. The zero-order valence-electron chi connectivity index (χ0n) is 6.10. The van der Waals surface area contributed by atoms with E-state index in [9.17, 15) is 4.79 Å². The first kappa shape index (κ1) is 7.54. The molecule has 1 aromatic rings. The summed E-state index contributed by atoms with van der Waals surface area (Å²) < 4.78 is 0. The first-order chi connectivity index (χ1) is 5.79. The number of rotatable bonds is 1. The lowest BCUT2D eigenvalue weighted by Gasteiger charge is -2.01. The number of carbonyl (C=O) groups is 1. The van der Waals surface area contributed by atoms with E-state index in [-0.39, 0.29) is 0 Å². The van der Waals surface area contributed by atoms with Crippen molar-refractivity contribution in [2.24, 2.45) is 0 Å². The molecule has 1 aromatic heterocycles. The Morgan fingerprint density at radius 2 is 2.58 bits per heavy atom. The van der Waals surface area contributed by atoms with Crippen molar-refractivity contribution in [2.45, 2.75) is 11.0 Å². The van der Waals surface area contributed by atoms with E-state index in [4.69, 9.17) is 5.11 Å². The van der Waals surface area contributed by atoms with Gasteiger partial charge in [0.05, 0.1) is 5.69 Å². The molecule has 0 aliphatic carbocycles. The van der Waals surface area contributed by atoms with Gasteiger partial charge < -0.3 is 5.11 Å². The summed E-state index contributed by atoms with van der Waals surface area (Å²) in [6, 6.07) is 0. The van der Waals surface area contributed by atoms with Crippen molar-refractivity contribution in [1.29, 1.82) is 0 Å². The molecule has 12 heavy (non-hydrogen) atoms. The lowest BCUT2D eigenvalue weighted by atomic mass is 10.2. The van der Waals surface area contributed by atoms with Crippen molar-refractivity contribution in [2.75, 3.05) is 0 Å². The van der Waals surface area contributed by atoms with Gasteiger partial charge in [0.1, 0.15) is 11.6 Å². The third kappa shape index (κ3) is 1.06. The van der Waals surface area contributed by atoms with Crippen molar-refractivity contribution in [3.05, 3.63) is 23.8 Å². The van der Waals surface area contributed by atoms with E-state index in [1.165, 1.54) is 18.1 Å². The zero-order chi connectivity index (χ0) is 8.55. The quantitative estimate of drug-likeness (QED) is 0.697. The zero-order valence-corrected chi connectivity index (χ0v) is 6.91. The lowest BCUT2D eigenvalue weighted by Crippen LogP contribution is -2.05. The van der Waals surface area contributed by atoms with Crippen LogP contribution in [0, 0.1) is 0 Å². The van der Waals surface area contributed by atoms with Crippen LogP contribution in [0.15, 0.2) is 12.5 Å². The van der Waals surface area contributed by atoms with Crippen LogP contribution < -0.4 is 0 Å². The molecule has 2 rings (SSSR count). The molecule has 1 atom stereocenters. The third-order valence-corrected chi connectivity index (χ3v) is 2.95. The summed E-state index contributed by atoms with van der Waals surface area (Å²) in [6.07, 6.45) is 3.03. The molecule has 0 spiro atoms. The molecule has 1 aliphatic rings. The molecular formula is C7H6N2O2S. The molecule has 1 aliphatic heterocycles. The van der Waals surface area contributed by atoms with Gasteiger partial charge in [-0.3, -0.25) is 4.79 Å². The average Bonchev–Trinajstić information content (AvgIpc) is 2.47. The van der Waals surface area contributed by atoms with Crippen molar-refractivity contribution >= 4 is 17.7 Å². The minimum Gasteiger partial charge on any atom is -0.480 e. The molecule has 1 N–H and O–H groups in total. The van der Waals surface area contributed by atoms with Gasteiger partial charge in [-0.25, -0.2) is 9.97 Å². The molecule has 0 fully saturated rings. The maximum atomic E-state index is 10.7. The maximum Gasteiger partial charge on any atom is 0.321 e. The minimum atomic E-state index is -0.812. The normalized spacial score (nSPS) is 20.5. The van der Waals surface area contributed by atoms with Crippen LogP contribution in [-0.2, 0) is 10.5 Å². The summed E-state index contributed by atoms with van der Waals surface area (Å²) in [6.45, 7) is 0. The van der Waals surface area contributed by atoms with Crippen LogP contribution in [0.2, 0.25) is 0 Å². The van der Waals surface area contributed by atoms with E-state index in [0.717, 1.165) is 11.3 Å². The van der Waals surface area contributed by atoms with E-state index in [1.54, 1.807) is 6.20 Å². The molecule has 0 saturated heterocycles. The molecule has 0 saturated carbocycles. The van der Waals surface area contributed by atoms with Gasteiger partial charge in [-0.2, -0.15) is 0 Å². The summed E-state index contributed by atoms with van der Waals surface area (Å²) in [5, 5.41) is 8.31. The van der Waals surface area contributed by atoms with Crippen molar-refractivity contribution in [3.63, 3.8) is 0 Å². The van der Waals surface area contributed by atoms with Crippen molar-refractivity contribution in [3.8, 4) is 0 Å². The van der Waals surface area contributed by atoms with Crippen molar-refractivity contribution in [1.82, 2.24) is 9.97 Å². The predicted molar refractivity (Wildman–Crippen MR) is 43.7 cm³/mol. The number of aromatic nitrogens is 2. The van der Waals surface area contributed by atoms with Gasteiger partial charge in [-0.15, -0.1) is 11.8 Å². The second-order valence-corrected chi connectivity index (χ2v) is 3.55. The Labute approximate surface area is 73.0 Å². The number of carboxylic acids is 1. The molecule has 0 aromatic carbocycles. The van der Waals surface area contributed by atoms with Crippen LogP contribution in [0.4, 0.5) is 0 Å². The number of hydrogen-bond donors (Lipinski definition) is 1. The summed E-state index contributed by atoms with van der Waals surface area (Å²) in [5.41, 5.74) is 1.59. The van der Waals surface area contributed by atoms with Crippen LogP contribution in [-0.4, -0.2) is 21.0 Å². The molecule has 62 valence electrons. The van der Waals surface area contributed by atoms with Crippen LogP contribution in [0.3, 0.4) is 0 Å². The Bertz CT molecular complexity index is 329. The SMILES string of the molecule is O=C(O)C1SCc2ncncc21. The molecule has 0 radical (unpaired) electrons. The number of aliphatic carboxylic acids is 1. The van der Waals surface area contributed by atoms with E-state index in [2.05, 4.69) is 9.97 Å². The lowest BCUT2D eigenvalue weighted by molar-refractivity contribution is -0.136. The molecular weight excluding hydrogens is 176 g/mol. The maximum absolute atomic E-state index is 10.7. The highest BCUT2D eigenvalue weighted by Gasteiger charge is 2.29. The summed E-state index contributed by atoms with van der Waals surface area (Å²) in [7, 11) is 0. The molecule has 2 heterocycles. The van der Waals surface area contributed by atoms with Gasteiger partial charge in [0.2, 0.25) is 0 Å². The number of nitrogens with zero attached hydrogens (tertiary/aromatic N) is 2. The first-order valence-corrected chi connectivity index (χ1v) is 4.47. The second-order valence-electron chi connectivity index (χ2n) is 2.45. The number of hydrogen-bond acceptors (Lipinski definition) is 4. The van der Waals surface area contributed by atoms with Gasteiger partial charge >= 0.3 is 5.97 Å². The van der Waals surface area contributed by atoms with Gasteiger partial charge in [-0.05, 0) is 0 Å². The highest BCUT2D eigenvalue weighted by Crippen LogP contribution is 2.39. The van der Waals surface area contributed by atoms with E-state index in [1.807, 2.05) is 0 Å². The second kappa shape index (κ2) is 2.75. The number of carboxylic acid groups (broad SMARTS) is 1. The smallest absolute Gasteiger partial charge is 0.321 e. The van der Waals surface area contributed by atoms with E-state index in [0.29, 0.717) is 5.75 Å². The fourth-order valence-corrected chi connectivity index (χ4v) is 2.25. The van der Waals surface area contributed by atoms with Crippen LogP contribution >= 0.6 is 11.8 Å². The first-order valence-electron chi connectivity index (χ1n) is 3.42. The van der Waals surface area contributed by atoms with Crippen LogP contribution in [0.1, 0.15) is 16.5 Å². The topological polar surface area (TPSA) is 63.1 Å². The fourth-order valence-electron chi connectivity index (χ4n) is 1.16. The Balaban J connectivity index is 2.42. The predicted octanol–water partition coefficient (Wildman–Crippen LogP) is 0.849. The average molecular weight is 182 g/mol. The molecule has 4 nitrogen and oxygen atoms in total. The summed E-state index contributed by atoms with van der Waals surface area (Å²) in [5.74, 6) is -0.136. The highest BCUT2D eigenvalue weighted by molar-refractivity contribution is 7.99. The minimum absolute atomic E-state index is 0.471. The van der Waals surface area contributed by atoms with Crippen LogP contribution in [0.5, 0.6) is 0 Å². The number of fused-ring (bicyclic) bond motifs is 1. The largest absolute Gasteiger partial charge is 0.480 e. The molecule has 0 bridgehead atoms. The van der Waals surface area contributed by atoms with Crippen LogP contribution in [0.25, 0.3) is 0 Å². The Kier molecular flexibility index (Phi) is 1.73.